The number of hydrogen-bond acceptors (Lipinski definition) is 4. The van der Waals surface area contributed by atoms with Crippen molar-refractivity contribution in [2.75, 3.05) is 37.7 Å². The number of amides is 1. The second-order valence-corrected chi connectivity index (χ2v) is 8.21. The standard InChI is InChI=1S/C16H31N3OS.2ClH/c1-12-6-13(2)9-19(8-12)10-14(3)18-16(20)7-15-11-21-5-4-17-15;;/h12-15,17H,4-11H2,1-3H3,(H,18,20);2*1H. The first-order valence-corrected chi connectivity index (χ1v) is 9.51. The molecule has 4 atom stereocenters. The quantitative estimate of drug-likeness (QED) is 0.762. The molecule has 0 radical (unpaired) electrons. The molecule has 4 unspecified atom stereocenters. The smallest absolute Gasteiger partial charge is 0.221 e. The molecular weight excluding hydrogens is 353 g/mol. The molecule has 0 aromatic carbocycles. The van der Waals surface area contributed by atoms with Crippen molar-refractivity contribution < 1.29 is 4.79 Å². The van der Waals surface area contributed by atoms with E-state index in [2.05, 4.69) is 36.3 Å². The van der Waals surface area contributed by atoms with Crippen LogP contribution in [0.2, 0.25) is 0 Å². The average Bonchev–Trinajstić information content (AvgIpc) is 2.37. The topological polar surface area (TPSA) is 44.4 Å². The van der Waals surface area contributed by atoms with Crippen LogP contribution in [0.25, 0.3) is 0 Å². The van der Waals surface area contributed by atoms with Gasteiger partial charge in [0.25, 0.3) is 0 Å². The molecule has 0 saturated carbocycles. The van der Waals surface area contributed by atoms with Crippen molar-refractivity contribution in [3.63, 3.8) is 0 Å². The van der Waals surface area contributed by atoms with Gasteiger partial charge in [0.05, 0.1) is 0 Å². The summed E-state index contributed by atoms with van der Waals surface area (Å²) in [6, 6.07) is 0.595. The van der Waals surface area contributed by atoms with Crippen LogP contribution in [-0.4, -0.2) is 60.6 Å². The molecule has 138 valence electrons. The summed E-state index contributed by atoms with van der Waals surface area (Å²) in [7, 11) is 0. The molecule has 0 bridgehead atoms. The summed E-state index contributed by atoms with van der Waals surface area (Å²) in [6.45, 7) is 11.1. The lowest BCUT2D eigenvalue weighted by atomic mass is 9.92. The first-order chi connectivity index (χ1) is 10.0. The summed E-state index contributed by atoms with van der Waals surface area (Å²) >= 11 is 1.94. The lowest BCUT2D eigenvalue weighted by Gasteiger charge is -2.36. The lowest BCUT2D eigenvalue weighted by molar-refractivity contribution is -0.122. The van der Waals surface area contributed by atoms with Crippen molar-refractivity contribution in [2.24, 2.45) is 11.8 Å². The van der Waals surface area contributed by atoms with Gasteiger partial charge in [-0.1, -0.05) is 13.8 Å². The number of carbonyl (C=O) groups excluding carboxylic acids is 1. The Kier molecular flexibility index (Phi) is 12.0. The zero-order chi connectivity index (χ0) is 15.2. The van der Waals surface area contributed by atoms with E-state index in [1.54, 1.807) is 0 Å². The first kappa shape index (κ1) is 23.3. The van der Waals surface area contributed by atoms with Crippen molar-refractivity contribution in [3.8, 4) is 0 Å². The van der Waals surface area contributed by atoms with E-state index in [0.717, 1.165) is 30.7 Å². The highest BCUT2D eigenvalue weighted by Crippen LogP contribution is 2.20. The van der Waals surface area contributed by atoms with E-state index < -0.39 is 0 Å². The van der Waals surface area contributed by atoms with Gasteiger partial charge in [-0.3, -0.25) is 4.79 Å². The molecule has 0 aromatic rings. The molecule has 2 aliphatic rings. The minimum atomic E-state index is 0. The van der Waals surface area contributed by atoms with Gasteiger partial charge in [-0.25, -0.2) is 0 Å². The normalized spacial score (nSPS) is 29.8. The number of hydrogen-bond donors (Lipinski definition) is 2. The van der Waals surface area contributed by atoms with E-state index in [1.165, 1.54) is 25.3 Å². The zero-order valence-corrected chi connectivity index (χ0v) is 17.0. The number of likely N-dealkylation sites (tertiary alicyclic amines) is 1. The number of nitrogens with zero attached hydrogens (tertiary/aromatic N) is 1. The Bertz CT molecular complexity index is 333. The fourth-order valence-corrected chi connectivity index (χ4v) is 4.63. The van der Waals surface area contributed by atoms with Crippen LogP contribution in [0.5, 0.6) is 0 Å². The Labute approximate surface area is 158 Å². The maximum Gasteiger partial charge on any atom is 0.221 e. The second-order valence-electron chi connectivity index (χ2n) is 7.06. The number of nitrogens with one attached hydrogen (secondary N) is 2. The molecule has 4 nitrogen and oxygen atoms in total. The van der Waals surface area contributed by atoms with Crippen LogP contribution in [0.15, 0.2) is 0 Å². The Hall–Kier alpha value is 0.320. The van der Waals surface area contributed by atoms with E-state index in [-0.39, 0.29) is 36.8 Å². The third-order valence-electron chi connectivity index (χ3n) is 4.31. The van der Waals surface area contributed by atoms with Gasteiger partial charge in [0.1, 0.15) is 0 Å². The molecule has 2 fully saturated rings. The van der Waals surface area contributed by atoms with Gasteiger partial charge in [-0.2, -0.15) is 11.8 Å². The van der Waals surface area contributed by atoms with E-state index in [4.69, 9.17) is 0 Å². The zero-order valence-electron chi connectivity index (χ0n) is 14.5. The van der Waals surface area contributed by atoms with Crippen LogP contribution in [-0.2, 0) is 4.79 Å². The van der Waals surface area contributed by atoms with Crippen molar-refractivity contribution in [2.45, 2.75) is 45.7 Å². The fourth-order valence-electron chi connectivity index (χ4n) is 3.68. The summed E-state index contributed by atoms with van der Waals surface area (Å²) in [5.41, 5.74) is 0. The molecule has 1 amide bonds. The van der Waals surface area contributed by atoms with Crippen molar-refractivity contribution in [1.29, 1.82) is 0 Å². The predicted octanol–water partition coefficient (Wildman–Crippen LogP) is 2.41. The van der Waals surface area contributed by atoms with Crippen LogP contribution >= 0.6 is 36.6 Å². The highest BCUT2D eigenvalue weighted by atomic mass is 35.5. The molecule has 23 heavy (non-hydrogen) atoms. The molecule has 2 aliphatic heterocycles. The molecule has 2 saturated heterocycles. The number of piperidine rings is 1. The fraction of sp³-hybridized carbons (Fsp3) is 0.938. The van der Waals surface area contributed by atoms with E-state index in [1.807, 2.05) is 11.8 Å². The molecule has 0 aromatic heterocycles. The van der Waals surface area contributed by atoms with Gasteiger partial charge < -0.3 is 15.5 Å². The third-order valence-corrected chi connectivity index (χ3v) is 5.45. The molecule has 0 aliphatic carbocycles. The highest BCUT2D eigenvalue weighted by Gasteiger charge is 2.24. The Morgan fingerprint density at radius 3 is 2.52 bits per heavy atom. The molecule has 0 spiro atoms. The van der Waals surface area contributed by atoms with Gasteiger partial charge in [-0.15, -0.1) is 24.8 Å². The van der Waals surface area contributed by atoms with Gasteiger partial charge in [0.15, 0.2) is 0 Å². The van der Waals surface area contributed by atoms with Crippen LogP contribution in [0.4, 0.5) is 0 Å². The maximum absolute atomic E-state index is 12.1. The minimum absolute atomic E-state index is 0. The Balaban J connectivity index is 0.00000242. The Morgan fingerprint density at radius 2 is 1.96 bits per heavy atom. The lowest BCUT2D eigenvalue weighted by Crippen LogP contribution is -2.48. The summed E-state index contributed by atoms with van der Waals surface area (Å²) in [5, 5.41) is 6.60. The number of rotatable bonds is 5. The second kappa shape index (κ2) is 11.8. The van der Waals surface area contributed by atoms with E-state index in [9.17, 15) is 4.79 Å². The molecule has 2 rings (SSSR count). The van der Waals surface area contributed by atoms with Crippen molar-refractivity contribution in [3.05, 3.63) is 0 Å². The Morgan fingerprint density at radius 1 is 1.30 bits per heavy atom. The van der Waals surface area contributed by atoms with Gasteiger partial charge in [-0.05, 0) is 25.2 Å². The number of thioether (sulfide) groups is 1. The number of carbonyl (C=O) groups is 1. The monoisotopic (exact) mass is 385 g/mol. The molecule has 2 heterocycles. The summed E-state index contributed by atoms with van der Waals surface area (Å²) < 4.78 is 0. The highest BCUT2D eigenvalue weighted by molar-refractivity contribution is 7.99. The minimum Gasteiger partial charge on any atom is -0.352 e. The molecule has 7 heteroatoms. The maximum atomic E-state index is 12.1. The predicted molar refractivity (Wildman–Crippen MR) is 105 cm³/mol. The summed E-state index contributed by atoms with van der Waals surface area (Å²) in [6.07, 6.45) is 1.95. The summed E-state index contributed by atoms with van der Waals surface area (Å²) in [5.74, 6) is 3.98. The van der Waals surface area contributed by atoms with Gasteiger partial charge >= 0.3 is 0 Å². The first-order valence-electron chi connectivity index (χ1n) is 8.35. The van der Waals surface area contributed by atoms with Crippen LogP contribution < -0.4 is 10.6 Å². The van der Waals surface area contributed by atoms with Gasteiger partial charge in [0.2, 0.25) is 5.91 Å². The van der Waals surface area contributed by atoms with E-state index >= 15 is 0 Å². The SMILES string of the molecule is CC1CC(C)CN(CC(C)NC(=O)CC2CSCCN2)C1.Cl.Cl. The molecular formula is C16H33Cl2N3OS. The van der Waals surface area contributed by atoms with Crippen LogP contribution in [0, 0.1) is 11.8 Å². The van der Waals surface area contributed by atoms with Crippen molar-refractivity contribution in [1.82, 2.24) is 15.5 Å². The largest absolute Gasteiger partial charge is 0.352 e. The van der Waals surface area contributed by atoms with Crippen molar-refractivity contribution >= 4 is 42.5 Å². The summed E-state index contributed by atoms with van der Waals surface area (Å²) in [4.78, 5) is 14.6. The molecule has 2 N–H and O–H groups in total. The van der Waals surface area contributed by atoms with Crippen LogP contribution in [0.3, 0.4) is 0 Å². The van der Waals surface area contributed by atoms with E-state index in [0.29, 0.717) is 12.5 Å². The third kappa shape index (κ3) is 8.82. The number of halogens is 2. The average molecular weight is 386 g/mol. The van der Waals surface area contributed by atoms with Crippen LogP contribution in [0.1, 0.15) is 33.6 Å². The van der Waals surface area contributed by atoms with Gasteiger partial charge in [0, 0.05) is 56.2 Å².